The molecular weight excluding hydrogens is 276 g/mol. The Hall–Kier alpha value is 0.280. The molecule has 0 aromatic carbocycles. The minimum Gasteiger partial charge on any atom is -0.189 e. The van der Waals surface area contributed by atoms with E-state index in [2.05, 4.69) is 9.12 Å². The van der Waals surface area contributed by atoms with Crippen molar-refractivity contribution >= 4 is 39.4 Å². The van der Waals surface area contributed by atoms with Crippen molar-refractivity contribution in [1.29, 1.82) is 0 Å². The van der Waals surface area contributed by atoms with Gasteiger partial charge in [-0.25, -0.2) is 0 Å². The number of thioether (sulfide) groups is 2. The second kappa shape index (κ2) is 4.43. The molecule has 96 valence electrons. The fourth-order valence-corrected chi connectivity index (χ4v) is 6.85. The second-order valence-electron chi connectivity index (χ2n) is 4.81. The van der Waals surface area contributed by atoms with Crippen LogP contribution in [0.4, 0.5) is 0 Å². The Morgan fingerprint density at radius 3 is 2.76 bits per heavy atom. The summed E-state index contributed by atoms with van der Waals surface area (Å²) in [6.45, 7) is 0. The highest BCUT2D eigenvalue weighted by Gasteiger charge is 2.48. The largest absolute Gasteiger partial charge is 0.320 e. The molecule has 0 saturated carbocycles. The topological polar surface area (TPSA) is 58.5 Å². The number of hydrogen-bond acceptors (Lipinski definition) is 4. The summed E-state index contributed by atoms with van der Waals surface area (Å²) in [6.07, 6.45) is 2.73. The van der Waals surface area contributed by atoms with E-state index in [1.807, 2.05) is 23.5 Å². The first-order valence-corrected chi connectivity index (χ1v) is 9.64. The first-order valence-electron chi connectivity index (χ1n) is 5.89. The van der Waals surface area contributed by atoms with Crippen molar-refractivity contribution in [2.75, 3.05) is 23.0 Å². The van der Waals surface area contributed by atoms with Gasteiger partial charge in [0.1, 0.15) is 0 Å². The van der Waals surface area contributed by atoms with Crippen LogP contribution in [0.3, 0.4) is 0 Å². The average Bonchev–Trinajstić information content (AvgIpc) is 2.28. The minimum atomic E-state index is -3.44. The predicted molar refractivity (Wildman–Crippen MR) is 74.2 cm³/mol. The van der Waals surface area contributed by atoms with Crippen LogP contribution in [0.15, 0.2) is 4.40 Å². The Labute approximate surface area is 111 Å². The molecule has 0 amide bonds. The maximum atomic E-state index is 11.9. The van der Waals surface area contributed by atoms with Crippen LogP contribution >= 0.6 is 23.5 Å². The van der Waals surface area contributed by atoms with E-state index < -0.39 is 10.2 Å². The van der Waals surface area contributed by atoms with E-state index in [1.54, 1.807) is 0 Å². The summed E-state index contributed by atoms with van der Waals surface area (Å²) >= 11 is 3.85. The molecule has 3 rings (SSSR count). The van der Waals surface area contributed by atoms with E-state index in [1.165, 1.54) is 0 Å². The smallest absolute Gasteiger partial charge is 0.189 e. The third-order valence-electron chi connectivity index (χ3n) is 3.81. The zero-order valence-electron chi connectivity index (χ0n) is 9.52. The number of rotatable bonds is 0. The minimum absolute atomic E-state index is 0.228. The molecule has 2 fully saturated rings. The molecule has 0 bridgehead atoms. The zero-order valence-corrected chi connectivity index (χ0v) is 12.0. The lowest BCUT2D eigenvalue weighted by Crippen LogP contribution is -2.61. The van der Waals surface area contributed by atoms with Gasteiger partial charge >= 0.3 is 10.2 Å². The number of nitrogens with one attached hydrogen (secondary N) is 1. The van der Waals surface area contributed by atoms with Crippen LogP contribution in [0.1, 0.15) is 19.3 Å². The molecule has 1 atom stereocenters. The van der Waals surface area contributed by atoms with Gasteiger partial charge < -0.3 is 0 Å². The maximum Gasteiger partial charge on any atom is 0.320 e. The SMILES string of the molecule is O=S1(=O)N=C2CCSCC2C2(CCSCC2)N1. The summed E-state index contributed by atoms with van der Waals surface area (Å²) in [4.78, 5) is 0. The van der Waals surface area contributed by atoms with E-state index in [4.69, 9.17) is 0 Å². The van der Waals surface area contributed by atoms with Gasteiger partial charge in [0.05, 0.1) is 0 Å². The lowest BCUT2D eigenvalue weighted by molar-refractivity contribution is 0.289. The first kappa shape index (κ1) is 12.3. The molecule has 3 aliphatic heterocycles. The summed E-state index contributed by atoms with van der Waals surface area (Å²) < 4.78 is 30.5. The van der Waals surface area contributed by atoms with Crippen LogP contribution in [0.5, 0.6) is 0 Å². The third kappa shape index (κ3) is 2.27. The van der Waals surface area contributed by atoms with E-state index in [-0.39, 0.29) is 5.54 Å². The number of fused-ring (bicyclic) bond motifs is 2. The molecule has 0 aliphatic carbocycles. The normalized spacial score (nSPS) is 35.1. The van der Waals surface area contributed by atoms with Gasteiger partial charge in [-0.2, -0.15) is 41.1 Å². The average molecular weight is 292 g/mol. The monoisotopic (exact) mass is 292 g/mol. The third-order valence-corrected chi connectivity index (χ3v) is 7.00. The molecule has 4 nitrogen and oxygen atoms in total. The van der Waals surface area contributed by atoms with Gasteiger partial charge in [0.25, 0.3) is 0 Å². The van der Waals surface area contributed by atoms with Gasteiger partial charge in [-0.05, 0) is 36.5 Å². The lowest BCUT2D eigenvalue weighted by Gasteiger charge is -2.47. The lowest BCUT2D eigenvalue weighted by atomic mass is 9.77. The number of hydrogen-bond donors (Lipinski definition) is 1. The van der Waals surface area contributed by atoms with Gasteiger partial charge in [-0.15, -0.1) is 0 Å². The van der Waals surface area contributed by atoms with Crippen LogP contribution in [0, 0.1) is 5.92 Å². The van der Waals surface area contributed by atoms with Gasteiger partial charge in [0, 0.05) is 22.9 Å². The highest BCUT2D eigenvalue weighted by Crippen LogP contribution is 2.41. The zero-order chi connectivity index (χ0) is 11.9. The van der Waals surface area contributed by atoms with Gasteiger partial charge in [0.15, 0.2) is 0 Å². The molecule has 0 aromatic heterocycles. The Morgan fingerprint density at radius 1 is 1.24 bits per heavy atom. The Morgan fingerprint density at radius 2 is 2.00 bits per heavy atom. The second-order valence-corrected chi connectivity index (χ2v) is 8.52. The standard InChI is InChI=1S/C10H16N2O2S3/c13-17(14)11-9-1-4-16-7-8(9)10(12-17)2-5-15-6-3-10/h8,12H,1-7H2. The molecule has 2 saturated heterocycles. The van der Waals surface area contributed by atoms with Crippen molar-refractivity contribution in [3.8, 4) is 0 Å². The summed E-state index contributed by atoms with van der Waals surface area (Å²) in [6, 6.07) is 0. The number of nitrogens with zero attached hydrogens (tertiary/aromatic N) is 1. The van der Waals surface area contributed by atoms with Crippen molar-refractivity contribution in [3.63, 3.8) is 0 Å². The van der Waals surface area contributed by atoms with Gasteiger partial charge in [0.2, 0.25) is 0 Å². The predicted octanol–water partition coefficient (Wildman–Crippen LogP) is 1.29. The molecule has 1 unspecified atom stereocenters. The quantitative estimate of drug-likeness (QED) is 0.731. The van der Waals surface area contributed by atoms with E-state index >= 15 is 0 Å². The highest BCUT2D eigenvalue weighted by molar-refractivity contribution is 7.99. The fraction of sp³-hybridized carbons (Fsp3) is 0.900. The fourth-order valence-electron chi connectivity index (χ4n) is 2.93. The van der Waals surface area contributed by atoms with Crippen molar-refractivity contribution < 1.29 is 8.42 Å². The van der Waals surface area contributed by atoms with Crippen LogP contribution in [0.25, 0.3) is 0 Å². The van der Waals surface area contributed by atoms with Crippen LogP contribution in [-0.4, -0.2) is 42.7 Å². The maximum absolute atomic E-state index is 11.9. The molecular formula is C10H16N2O2S3. The molecule has 7 heteroatoms. The van der Waals surface area contributed by atoms with Crippen molar-refractivity contribution in [1.82, 2.24) is 4.72 Å². The Bertz CT molecular complexity index is 440. The molecule has 0 aromatic rings. The van der Waals surface area contributed by atoms with Crippen LogP contribution in [-0.2, 0) is 10.2 Å². The summed E-state index contributed by atoms with van der Waals surface area (Å²) in [7, 11) is -3.44. The van der Waals surface area contributed by atoms with Crippen molar-refractivity contribution in [2.45, 2.75) is 24.8 Å². The summed E-state index contributed by atoms with van der Waals surface area (Å²) in [5.74, 6) is 4.46. The van der Waals surface area contributed by atoms with Crippen molar-refractivity contribution in [2.24, 2.45) is 10.3 Å². The summed E-state index contributed by atoms with van der Waals surface area (Å²) in [5, 5.41) is 0. The van der Waals surface area contributed by atoms with E-state index in [0.717, 1.165) is 48.0 Å². The van der Waals surface area contributed by atoms with Gasteiger partial charge in [-0.3, -0.25) is 0 Å². The van der Waals surface area contributed by atoms with E-state index in [9.17, 15) is 8.42 Å². The van der Waals surface area contributed by atoms with Crippen LogP contribution < -0.4 is 4.72 Å². The summed E-state index contributed by atoms with van der Waals surface area (Å²) in [5.41, 5.74) is 0.698. The van der Waals surface area contributed by atoms with E-state index in [0.29, 0.717) is 5.92 Å². The molecule has 17 heavy (non-hydrogen) atoms. The first-order chi connectivity index (χ1) is 8.11. The molecule has 3 aliphatic rings. The highest BCUT2D eigenvalue weighted by atomic mass is 32.2. The van der Waals surface area contributed by atoms with Crippen LogP contribution in [0.2, 0.25) is 0 Å². The molecule has 3 heterocycles. The van der Waals surface area contributed by atoms with Gasteiger partial charge in [-0.1, -0.05) is 0 Å². The molecule has 0 radical (unpaired) electrons. The Balaban J connectivity index is 2.01. The molecule has 1 N–H and O–H groups in total. The Kier molecular flexibility index (Phi) is 3.21. The van der Waals surface area contributed by atoms with Crippen molar-refractivity contribution in [3.05, 3.63) is 0 Å². The molecule has 1 spiro atoms.